The lowest BCUT2D eigenvalue weighted by Gasteiger charge is -2.49. The summed E-state index contributed by atoms with van der Waals surface area (Å²) >= 11 is 0. The molecule has 1 aliphatic carbocycles. The van der Waals surface area contributed by atoms with Gasteiger partial charge in [-0.1, -0.05) is 0 Å². The summed E-state index contributed by atoms with van der Waals surface area (Å²) in [6.07, 6.45) is 5.11. The molecule has 0 aromatic rings. The Labute approximate surface area is 80.2 Å². The molecule has 1 saturated carbocycles. The molecule has 0 atom stereocenters. The summed E-state index contributed by atoms with van der Waals surface area (Å²) in [5, 5.41) is 0. The summed E-state index contributed by atoms with van der Waals surface area (Å²) in [4.78, 5) is 2.56. The molecule has 3 nitrogen and oxygen atoms in total. The van der Waals surface area contributed by atoms with Gasteiger partial charge in [-0.3, -0.25) is 4.90 Å². The Morgan fingerprint density at radius 1 is 1.15 bits per heavy atom. The normalized spacial score (nSPS) is 29.3. The molecule has 0 amide bonds. The maximum absolute atomic E-state index is 5.87. The average molecular weight is 184 g/mol. The fourth-order valence-corrected chi connectivity index (χ4v) is 2.45. The minimum Gasteiger partial charge on any atom is -0.380 e. The monoisotopic (exact) mass is 184 g/mol. The third-order valence-corrected chi connectivity index (χ3v) is 3.56. The lowest BCUT2D eigenvalue weighted by molar-refractivity contribution is 0.0211. The molecule has 0 spiro atoms. The van der Waals surface area contributed by atoms with Crippen LogP contribution in [-0.2, 0) is 4.74 Å². The summed E-state index contributed by atoms with van der Waals surface area (Å²) in [5.41, 5.74) is 6.22. The van der Waals surface area contributed by atoms with E-state index in [9.17, 15) is 0 Å². The summed E-state index contributed by atoms with van der Waals surface area (Å²) in [6.45, 7) is 4.90. The van der Waals surface area contributed by atoms with E-state index in [0.29, 0.717) is 5.54 Å². The summed E-state index contributed by atoms with van der Waals surface area (Å²) in [7, 11) is 0. The fourth-order valence-electron chi connectivity index (χ4n) is 2.45. The van der Waals surface area contributed by atoms with Crippen LogP contribution in [0.5, 0.6) is 0 Å². The van der Waals surface area contributed by atoms with Crippen LogP contribution in [-0.4, -0.2) is 43.3 Å². The van der Waals surface area contributed by atoms with E-state index in [1.165, 1.54) is 32.2 Å². The van der Waals surface area contributed by atoms with Crippen LogP contribution in [0.25, 0.3) is 0 Å². The van der Waals surface area contributed by atoms with E-state index in [1.54, 1.807) is 0 Å². The van der Waals surface area contributed by atoms with Gasteiger partial charge in [-0.15, -0.1) is 0 Å². The first-order valence-electron chi connectivity index (χ1n) is 5.40. The van der Waals surface area contributed by atoms with Gasteiger partial charge in [0.15, 0.2) is 0 Å². The Bertz CT molecular complexity index is 155. The van der Waals surface area contributed by atoms with Crippen LogP contribution in [0.4, 0.5) is 0 Å². The topological polar surface area (TPSA) is 38.5 Å². The van der Waals surface area contributed by atoms with Crippen molar-refractivity contribution in [2.75, 3.05) is 32.8 Å². The minimum absolute atomic E-state index is 0.355. The molecule has 76 valence electrons. The molecule has 2 aliphatic rings. The van der Waals surface area contributed by atoms with Crippen molar-refractivity contribution in [2.24, 2.45) is 5.73 Å². The molecule has 0 radical (unpaired) electrons. The SMILES string of the molecule is NCC1(N2CCCOCC2)CCC1. The van der Waals surface area contributed by atoms with Gasteiger partial charge in [0.2, 0.25) is 0 Å². The van der Waals surface area contributed by atoms with Gasteiger partial charge in [0.1, 0.15) is 0 Å². The van der Waals surface area contributed by atoms with Crippen molar-refractivity contribution in [2.45, 2.75) is 31.2 Å². The summed E-state index contributed by atoms with van der Waals surface area (Å²) in [6, 6.07) is 0. The van der Waals surface area contributed by atoms with Gasteiger partial charge in [-0.2, -0.15) is 0 Å². The van der Waals surface area contributed by atoms with E-state index in [1.807, 2.05) is 0 Å². The Hall–Kier alpha value is -0.120. The molecule has 1 heterocycles. The maximum atomic E-state index is 5.87. The second kappa shape index (κ2) is 3.95. The zero-order valence-corrected chi connectivity index (χ0v) is 8.30. The van der Waals surface area contributed by atoms with Gasteiger partial charge in [-0.05, 0) is 25.7 Å². The molecule has 0 bridgehead atoms. The minimum atomic E-state index is 0.355. The first-order chi connectivity index (χ1) is 6.37. The first kappa shape index (κ1) is 9.44. The van der Waals surface area contributed by atoms with Crippen molar-refractivity contribution in [1.29, 1.82) is 0 Å². The number of nitrogens with two attached hydrogens (primary N) is 1. The number of nitrogens with zero attached hydrogens (tertiary/aromatic N) is 1. The van der Waals surface area contributed by atoms with Crippen molar-refractivity contribution in [3.05, 3.63) is 0 Å². The molecule has 0 aromatic carbocycles. The van der Waals surface area contributed by atoms with Gasteiger partial charge in [0.25, 0.3) is 0 Å². The van der Waals surface area contributed by atoms with Gasteiger partial charge < -0.3 is 10.5 Å². The quantitative estimate of drug-likeness (QED) is 0.682. The van der Waals surface area contributed by atoms with Crippen LogP contribution >= 0.6 is 0 Å². The molecule has 2 rings (SSSR count). The lowest BCUT2D eigenvalue weighted by atomic mass is 9.75. The Morgan fingerprint density at radius 3 is 2.62 bits per heavy atom. The lowest BCUT2D eigenvalue weighted by Crippen LogP contribution is -2.59. The van der Waals surface area contributed by atoms with Crippen LogP contribution in [0.2, 0.25) is 0 Å². The van der Waals surface area contributed by atoms with Crippen molar-refractivity contribution in [3.63, 3.8) is 0 Å². The number of hydrogen-bond acceptors (Lipinski definition) is 3. The van der Waals surface area contributed by atoms with Gasteiger partial charge >= 0.3 is 0 Å². The third-order valence-electron chi connectivity index (χ3n) is 3.56. The number of rotatable bonds is 2. The highest BCUT2D eigenvalue weighted by Crippen LogP contribution is 2.37. The zero-order valence-electron chi connectivity index (χ0n) is 8.30. The predicted molar refractivity (Wildman–Crippen MR) is 52.6 cm³/mol. The third kappa shape index (κ3) is 1.73. The highest BCUT2D eigenvalue weighted by Gasteiger charge is 2.40. The van der Waals surface area contributed by atoms with E-state index in [2.05, 4.69) is 4.90 Å². The van der Waals surface area contributed by atoms with Crippen LogP contribution in [0, 0.1) is 0 Å². The number of ether oxygens (including phenoxy) is 1. The highest BCUT2D eigenvalue weighted by atomic mass is 16.5. The van der Waals surface area contributed by atoms with Crippen LogP contribution in [0.3, 0.4) is 0 Å². The van der Waals surface area contributed by atoms with Crippen molar-refractivity contribution < 1.29 is 4.74 Å². The largest absolute Gasteiger partial charge is 0.380 e. The molecule has 2 N–H and O–H groups in total. The molecule has 0 unspecified atom stereocenters. The smallest absolute Gasteiger partial charge is 0.0593 e. The Kier molecular flexibility index (Phi) is 2.86. The van der Waals surface area contributed by atoms with E-state index in [0.717, 1.165) is 26.3 Å². The van der Waals surface area contributed by atoms with Crippen LogP contribution < -0.4 is 5.73 Å². The molecular weight excluding hydrogens is 164 g/mol. The highest BCUT2D eigenvalue weighted by molar-refractivity contribution is 4.99. The maximum Gasteiger partial charge on any atom is 0.0593 e. The van der Waals surface area contributed by atoms with E-state index in [4.69, 9.17) is 10.5 Å². The fraction of sp³-hybridized carbons (Fsp3) is 1.00. The molecule has 3 heteroatoms. The Balaban J connectivity index is 1.95. The van der Waals surface area contributed by atoms with E-state index >= 15 is 0 Å². The molecule has 2 fully saturated rings. The molecule has 13 heavy (non-hydrogen) atoms. The Morgan fingerprint density at radius 2 is 2.00 bits per heavy atom. The molecular formula is C10H20N2O. The van der Waals surface area contributed by atoms with E-state index in [-0.39, 0.29) is 0 Å². The zero-order chi connectivity index (χ0) is 9.15. The van der Waals surface area contributed by atoms with Crippen LogP contribution in [0.1, 0.15) is 25.7 Å². The second-order valence-corrected chi connectivity index (χ2v) is 4.23. The molecule has 0 aromatic heterocycles. The second-order valence-electron chi connectivity index (χ2n) is 4.23. The van der Waals surface area contributed by atoms with Crippen LogP contribution in [0.15, 0.2) is 0 Å². The van der Waals surface area contributed by atoms with Crippen molar-refractivity contribution >= 4 is 0 Å². The van der Waals surface area contributed by atoms with Gasteiger partial charge in [0.05, 0.1) is 6.61 Å². The predicted octanol–water partition coefficient (Wildman–Crippen LogP) is 0.590. The standard InChI is InChI=1S/C10H20N2O/c11-9-10(3-1-4-10)12-5-2-7-13-8-6-12/h1-9,11H2. The van der Waals surface area contributed by atoms with Gasteiger partial charge in [0, 0.05) is 31.8 Å². The average Bonchev–Trinajstić information content (AvgIpc) is 2.32. The summed E-state index contributed by atoms with van der Waals surface area (Å²) < 4.78 is 5.45. The van der Waals surface area contributed by atoms with Crippen molar-refractivity contribution in [1.82, 2.24) is 4.90 Å². The van der Waals surface area contributed by atoms with Gasteiger partial charge in [-0.25, -0.2) is 0 Å². The summed E-state index contributed by atoms with van der Waals surface area (Å²) in [5.74, 6) is 0. The molecule has 1 aliphatic heterocycles. The van der Waals surface area contributed by atoms with E-state index < -0.39 is 0 Å². The first-order valence-corrected chi connectivity index (χ1v) is 5.40. The molecule has 1 saturated heterocycles. The van der Waals surface area contributed by atoms with Crippen molar-refractivity contribution in [3.8, 4) is 0 Å². The number of hydrogen-bond donors (Lipinski definition) is 1.